The van der Waals surface area contributed by atoms with Crippen molar-refractivity contribution in [1.29, 1.82) is 0 Å². The van der Waals surface area contributed by atoms with E-state index < -0.39 is 5.54 Å². The zero-order chi connectivity index (χ0) is 11.1. The minimum Gasteiger partial charge on any atom is -0.408 e. The predicted molar refractivity (Wildman–Crippen MR) is 58.9 cm³/mol. The van der Waals surface area contributed by atoms with Gasteiger partial charge in [-0.1, -0.05) is 12.1 Å². The van der Waals surface area contributed by atoms with Gasteiger partial charge in [-0.15, -0.1) is 0 Å². The normalized spacial score (nSPS) is 12.2. The summed E-state index contributed by atoms with van der Waals surface area (Å²) >= 11 is 0. The van der Waals surface area contributed by atoms with E-state index in [9.17, 15) is 4.79 Å². The Labute approximate surface area is 87.3 Å². The third-order valence-corrected chi connectivity index (χ3v) is 2.59. The zero-order valence-corrected chi connectivity index (χ0v) is 8.86. The van der Waals surface area contributed by atoms with Gasteiger partial charge in [-0.25, -0.2) is 4.79 Å². The lowest BCUT2D eigenvalue weighted by atomic mass is 10.1. The molecule has 0 saturated heterocycles. The van der Waals surface area contributed by atoms with Crippen LogP contribution in [0.5, 0.6) is 0 Å². The number of rotatable bonds is 2. The lowest BCUT2D eigenvalue weighted by molar-refractivity contribution is 0.340. The van der Waals surface area contributed by atoms with Gasteiger partial charge in [0.15, 0.2) is 5.58 Å². The Balaban J connectivity index is 2.80. The maximum Gasteiger partial charge on any atom is 0.420 e. The molecule has 2 rings (SSSR count). The maximum absolute atomic E-state index is 11.7. The van der Waals surface area contributed by atoms with Crippen LogP contribution in [-0.2, 0) is 5.54 Å². The topological polar surface area (TPSA) is 61.2 Å². The molecule has 0 unspecified atom stereocenters. The van der Waals surface area contributed by atoms with E-state index in [2.05, 4.69) is 0 Å². The summed E-state index contributed by atoms with van der Waals surface area (Å²) in [5.41, 5.74) is 6.62. The van der Waals surface area contributed by atoms with Crippen molar-refractivity contribution in [1.82, 2.24) is 4.57 Å². The largest absolute Gasteiger partial charge is 0.420 e. The third kappa shape index (κ3) is 1.47. The number of para-hydroxylation sites is 2. The molecule has 0 fully saturated rings. The first-order valence-corrected chi connectivity index (χ1v) is 4.87. The summed E-state index contributed by atoms with van der Waals surface area (Å²) in [6.45, 7) is 4.21. The van der Waals surface area contributed by atoms with Crippen molar-refractivity contribution < 1.29 is 4.42 Å². The van der Waals surface area contributed by atoms with Crippen molar-refractivity contribution in [3.63, 3.8) is 0 Å². The summed E-state index contributed by atoms with van der Waals surface area (Å²) in [5, 5.41) is 0. The number of fused-ring (bicyclic) bond motifs is 1. The summed E-state index contributed by atoms with van der Waals surface area (Å²) < 4.78 is 6.74. The number of nitrogens with two attached hydrogens (primary N) is 1. The SMILES string of the molecule is CC(C)(CN)n1c(=O)oc2ccccc21. The second kappa shape index (κ2) is 3.24. The fourth-order valence-corrected chi connectivity index (χ4v) is 1.63. The number of hydrogen-bond acceptors (Lipinski definition) is 3. The van der Waals surface area contributed by atoms with Crippen LogP contribution in [0, 0.1) is 0 Å². The second-order valence-electron chi connectivity index (χ2n) is 4.19. The fraction of sp³-hybridized carbons (Fsp3) is 0.364. The van der Waals surface area contributed by atoms with E-state index >= 15 is 0 Å². The Morgan fingerprint density at radius 3 is 2.73 bits per heavy atom. The molecule has 0 aliphatic rings. The highest BCUT2D eigenvalue weighted by Gasteiger charge is 2.24. The highest BCUT2D eigenvalue weighted by Crippen LogP contribution is 2.19. The summed E-state index contributed by atoms with van der Waals surface area (Å²) in [6.07, 6.45) is 0. The minimum atomic E-state index is -0.427. The first-order valence-electron chi connectivity index (χ1n) is 4.87. The molecular formula is C11H14N2O2. The average Bonchev–Trinajstić information content (AvgIpc) is 2.54. The Bertz CT molecular complexity index is 537. The smallest absolute Gasteiger partial charge is 0.408 e. The molecule has 4 heteroatoms. The van der Waals surface area contributed by atoms with Gasteiger partial charge in [0.1, 0.15) is 0 Å². The molecule has 1 aromatic heterocycles. The predicted octanol–water partition coefficient (Wildman–Crippen LogP) is 1.29. The second-order valence-corrected chi connectivity index (χ2v) is 4.19. The van der Waals surface area contributed by atoms with Crippen molar-refractivity contribution >= 4 is 11.1 Å². The number of nitrogens with zero attached hydrogens (tertiary/aromatic N) is 1. The van der Waals surface area contributed by atoms with E-state index in [1.54, 1.807) is 10.6 Å². The molecule has 1 aromatic carbocycles. The summed E-state index contributed by atoms with van der Waals surface area (Å²) in [7, 11) is 0. The molecule has 0 aliphatic carbocycles. The molecule has 0 amide bonds. The first-order chi connectivity index (χ1) is 7.06. The van der Waals surface area contributed by atoms with Crippen molar-refractivity contribution in [2.24, 2.45) is 5.73 Å². The van der Waals surface area contributed by atoms with Crippen LogP contribution < -0.4 is 11.5 Å². The van der Waals surface area contributed by atoms with Crippen LogP contribution in [0.4, 0.5) is 0 Å². The Hall–Kier alpha value is -1.55. The van der Waals surface area contributed by atoms with Crippen molar-refractivity contribution in [3.05, 3.63) is 34.8 Å². The monoisotopic (exact) mass is 206 g/mol. The molecule has 0 aliphatic heterocycles. The number of hydrogen-bond donors (Lipinski definition) is 1. The standard InChI is InChI=1S/C11H14N2O2/c1-11(2,7-12)13-8-5-3-4-6-9(8)15-10(13)14/h3-6H,7,12H2,1-2H3. The van der Waals surface area contributed by atoms with Gasteiger partial charge < -0.3 is 10.2 Å². The first kappa shape index (κ1) is 9.98. The Kier molecular flexibility index (Phi) is 2.16. The molecule has 0 saturated carbocycles. The molecule has 0 bridgehead atoms. The van der Waals surface area contributed by atoms with Gasteiger partial charge in [-0.3, -0.25) is 4.57 Å². The van der Waals surface area contributed by atoms with Crippen LogP contribution >= 0.6 is 0 Å². The molecule has 80 valence electrons. The van der Waals surface area contributed by atoms with Crippen molar-refractivity contribution in [3.8, 4) is 0 Å². The van der Waals surface area contributed by atoms with E-state index in [0.29, 0.717) is 12.1 Å². The van der Waals surface area contributed by atoms with Gasteiger partial charge in [-0.2, -0.15) is 0 Å². The van der Waals surface area contributed by atoms with Crippen LogP contribution in [0.15, 0.2) is 33.5 Å². The zero-order valence-electron chi connectivity index (χ0n) is 8.86. The van der Waals surface area contributed by atoms with E-state index in [4.69, 9.17) is 10.2 Å². The van der Waals surface area contributed by atoms with Crippen LogP contribution in [0.25, 0.3) is 11.1 Å². The molecular weight excluding hydrogens is 192 g/mol. The molecule has 2 N–H and O–H groups in total. The summed E-state index contributed by atoms with van der Waals surface area (Å²) in [5.74, 6) is -0.355. The quantitative estimate of drug-likeness (QED) is 0.805. The van der Waals surface area contributed by atoms with Gasteiger partial charge in [0.05, 0.1) is 11.1 Å². The van der Waals surface area contributed by atoms with E-state index in [1.165, 1.54) is 0 Å². The maximum atomic E-state index is 11.7. The van der Waals surface area contributed by atoms with Gasteiger partial charge >= 0.3 is 5.76 Å². The summed E-state index contributed by atoms with van der Waals surface area (Å²) in [6, 6.07) is 7.35. The molecule has 1 heterocycles. The Morgan fingerprint density at radius 2 is 2.07 bits per heavy atom. The number of aromatic nitrogens is 1. The number of oxazole rings is 1. The van der Waals surface area contributed by atoms with E-state index in [-0.39, 0.29) is 5.76 Å². The van der Waals surface area contributed by atoms with E-state index in [1.807, 2.05) is 32.0 Å². The number of benzene rings is 1. The highest BCUT2D eigenvalue weighted by molar-refractivity contribution is 5.72. The molecule has 0 atom stereocenters. The third-order valence-electron chi connectivity index (χ3n) is 2.59. The molecule has 15 heavy (non-hydrogen) atoms. The highest BCUT2D eigenvalue weighted by atomic mass is 16.4. The lowest BCUT2D eigenvalue weighted by Crippen LogP contribution is -2.40. The van der Waals surface area contributed by atoms with Crippen molar-refractivity contribution in [2.75, 3.05) is 6.54 Å². The van der Waals surface area contributed by atoms with Gasteiger partial charge in [0, 0.05) is 6.54 Å². The Morgan fingerprint density at radius 1 is 1.40 bits per heavy atom. The molecule has 2 aromatic rings. The minimum absolute atomic E-state index is 0.355. The average molecular weight is 206 g/mol. The van der Waals surface area contributed by atoms with Crippen LogP contribution in [0.3, 0.4) is 0 Å². The van der Waals surface area contributed by atoms with Crippen LogP contribution in [0.2, 0.25) is 0 Å². The van der Waals surface area contributed by atoms with Gasteiger partial charge in [-0.05, 0) is 26.0 Å². The van der Waals surface area contributed by atoms with Gasteiger partial charge in [0.2, 0.25) is 0 Å². The van der Waals surface area contributed by atoms with Crippen LogP contribution in [0.1, 0.15) is 13.8 Å². The molecule has 0 spiro atoms. The molecule has 4 nitrogen and oxygen atoms in total. The van der Waals surface area contributed by atoms with E-state index in [0.717, 1.165) is 5.52 Å². The van der Waals surface area contributed by atoms with Crippen LogP contribution in [-0.4, -0.2) is 11.1 Å². The summed E-state index contributed by atoms with van der Waals surface area (Å²) in [4.78, 5) is 11.7. The lowest BCUT2D eigenvalue weighted by Gasteiger charge is -2.23. The molecule has 0 radical (unpaired) electrons. The fourth-order valence-electron chi connectivity index (χ4n) is 1.63. The van der Waals surface area contributed by atoms with Crippen molar-refractivity contribution in [2.45, 2.75) is 19.4 Å². The van der Waals surface area contributed by atoms with Gasteiger partial charge in [0.25, 0.3) is 0 Å².